The SMILES string of the molecule is Cc1ccc(CNC(=O)[C@@H]2SCCc3ccccc32)n1C. The number of carbonyl (C=O) groups excluding carboxylic acids is 1. The lowest BCUT2D eigenvalue weighted by atomic mass is 10.0. The third kappa shape index (κ3) is 2.86. The Morgan fingerprint density at radius 1 is 1.33 bits per heavy atom. The molecule has 3 rings (SSSR count). The average Bonchev–Trinajstić information content (AvgIpc) is 2.84. The number of nitrogens with zero attached hydrogens (tertiary/aromatic N) is 1. The molecule has 1 aliphatic rings. The Morgan fingerprint density at radius 3 is 2.90 bits per heavy atom. The van der Waals surface area contributed by atoms with Crippen LogP contribution < -0.4 is 5.32 Å². The quantitative estimate of drug-likeness (QED) is 0.945. The number of amides is 1. The Labute approximate surface area is 129 Å². The van der Waals surface area contributed by atoms with Crippen molar-refractivity contribution in [2.24, 2.45) is 7.05 Å². The molecule has 0 spiro atoms. The Kier molecular flexibility index (Phi) is 4.06. The maximum atomic E-state index is 12.5. The minimum atomic E-state index is -0.0729. The van der Waals surface area contributed by atoms with Crippen LogP contribution in [0.2, 0.25) is 0 Å². The second-order valence-corrected chi connectivity index (χ2v) is 6.66. The first-order valence-electron chi connectivity index (χ1n) is 7.25. The Morgan fingerprint density at radius 2 is 2.14 bits per heavy atom. The van der Waals surface area contributed by atoms with Crippen molar-refractivity contribution >= 4 is 17.7 Å². The maximum Gasteiger partial charge on any atom is 0.237 e. The van der Waals surface area contributed by atoms with Crippen molar-refractivity contribution < 1.29 is 4.79 Å². The van der Waals surface area contributed by atoms with E-state index < -0.39 is 0 Å². The van der Waals surface area contributed by atoms with Crippen LogP contribution in [0, 0.1) is 6.92 Å². The van der Waals surface area contributed by atoms with Crippen molar-refractivity contribution in [3.63, 3.8) is 0 Å². The molecule has 1 aromatic carbocycles. The van der Waals surface area contributed by atoms with Crippen molar-refractivity contribution in [2.75, 3.05) is 5.75 Å². The van der Waals surface area contributed by atoms with Crippen LogP contribution in [0.25, 0.3) is 0 Å². The lowest BCUT2D eigenvalue weighted by molar-refractivity contribution is -0.120. The van der Waals surface area contributed by atoms with Gasteiger partial charge in [-0.3, -0.25) is 4.79 Å². The molecular formula is C17H20N2OS. The molecule has 1 atom stereocenters. The lowest BCUT2D eigenvalue weighted by Crippen LogP contribution is -2.30. The fraction of sp³-hybridized carbons (Fsp3) is 0.353. The summed E-state index contributed by atoms with van der Waals surface area (Å²) in [7, 11) is 2.03. The van der Waals surface area contributed by atoms with Gasteiger partial charge >= 0.3 is 0 Å². The zero-order valence-electron chi connectivity index (χ0n) is 12.4. The fourth-order valence-electron chi connectivity index (χ4n) is 2.73. The highest BCUT2D eigenvalue weighted by molar-refractivity contribution is 8.00. The summed E-state index contributed by atoms with van der Waals surface area (Å²) >= 11 is 1.74. The lowest BCUT2D eigenvalue weighted by Gasteiger charge is -2.24. The number of benzene rings is 1. The number of nitrogens with one attached hydrogen (secondary N) is 1. The second kappa shape index (κ2) is 5.98. The van der Waals surface area contributed by atoms with Crippen LogP contribution in [-0.2, 0) is 24.8 Å². The van der Waals surface area contributed by atoms with Crippen LogP contribution >= 0.6 is 11.8 Å². The van der Waals surface area contributed by atoms with E-state index in [9.17, 15) is 4.79 Å². The molecule has 4 heteroatoms. The summed E-state index contributed by atoms with van der Waals surface area (Å²) in [5, 5.41) is 3.01. The van der Waals surface area contributed by atoms with Gasteiger partial charge in [0.25, 0.3) is 0 Å². The molecule has 2 aromatic rings. The van der Waals surface area contributed by atoms with E-state index in [4.69, 9.17) is 0 Å². The van der Waals surface area contributed by atoms with Crippen molar-refractivity contribution in [3.05, 3.63) is 58.9 Å². The third-order valence-corrected chi connectivity index (χ3v) is 5.39. The monoisotopic (exact) mass is 300 g/mol. The van der Waals surface area contributed by atoms with Gasteiger partial charge in [-0.05, 0) is 42.4 Å². The molecule has 1 amide bonds. The summed E-state index contributed by atoms with van der Waals surface area (Å²) in [6, 6.07) is 12.4. The minimum Gasteiger partial charge on any atom is -0.350 e. The molecule has 0 bridgehead atoms. The summed E-state index contributed by atoms with van der Waals surface area (Å²) in [5.74, 6) is 1.13. The highest BCUT2D eigenvalue weighted by Crippen LogP contribution is 2.36. The van der Waals surface area contributed by atoms with Gasteiger partial charge in [-0.2, -0.15) is 0 Å². The summed E-state index contributed by atoms with van der Waals surface area (Å²) < 4.78 is 2.11. The summed E-state index contributed by atoms with van der Waals surface area (Å²) in [4.78, 5) is 12.5. The summed E-state index contributed by atoms with van der Waals surface area (Å²) in [6.45, 7) is 2.65. The van der Waals surface area contributed by atoms with Crippen molar-refractivity contribution in [1.29, 1.82) is 0 Å². The Bertz CT molecular complexity index is 663. The molecule has 110 valence electrons. The van der Waals surface area contributed by atoms with Crippen LogP contribution in [0.3, 0.4) is 0 Å². The highest BCUT2D eigenvalue weighted by atomic mass is 32.2. The number of hydrogen-bond donors (Lipinski definition) is 1. The smallest absolute Gasteiger partial charge is 0.237 e. The van der Waals surface area contributed by atoms with E-state index in [1.165, 1.54) is 16.8 Å². The second-order valence-electron chi connectivity index (χ2n) is 5.44. The highest BCUT2D eigenvalue weighted by Gasteiger charge is 2.26. The van der Waals surface area contributed by atoms with Gasteiger partial charge in [0.15, 0.2) is 0 Å². The molecule has 21 heavy (non-hydrogen) atoms. The molecule has 0 aliphatic carbocycles. The molecule has 0 saturated carbocycles. The predicted molar refractivity (Wildman–Crippen MR) is 87.3 cm³/mol. The third-order valence-electron chi connectivity index (χ3n) is 4.15. The minimum absolute atomic E-state index is 0.0729. The van der Waals surface area contributed by atoms with Crippen LogP contribution in [0.4, 0.5) is 0 Å². The molecule has 0 radical (unpaired) electrons. The largest absolute Gasteiger partial charge is 0.350 e. The van der Waals surface area contributed by atoms with E-state index in [-0.39, 0.29) is 11.2 Å². The molecule has 2 heterocycles. The van der Waals surface area contributed by atoms with E-state index in [0.29, 0.717) is 6.54 Å². The number of fused-ring (bicyclic) bond motifs is 1. The van der Waals surface area contributed by atoms with E-state index in [1.54, 1.807) is 11.8 Å². The Balaban J connectivity index is 1.71. The summed E-state index contributed by atoms with van der Waals surface area (Å²) in [5.41, 5.74) is 4.83. The number of aryl methyl sites for hydroxylation is 2. The van der Waals surface area contributed by atoms with Gasteiger partial charge in [-0.25, -0.2) is 0 Å². The Hall–Kier alpha value is -1.68. The van der Waals surface area contributed by atoms with Gasteiger partial charge in [-0.1, -0.05) is 24.3 Å². The predicted octanol–water partition coefficient (Wildman–Crippen LogP) is 2.98. The molecule has 1 aromatic heterocycles. The maximum absolute atomic E-state index is 12.5. The number of rotatable bonds is 3. The van der Waals surface area contributed by atoms with Crippen LogP contribution in [0.15, 0.2) is 36.4 Å². The molecule has 0 unspecified atom stereocenters. The van der Waals surface area contributed by atoms with E-state index in [1.807, 2.05) is 13.1 Å². The topological polar surface area (TPSA) is 34.0 Å². The first-order valence-corrected chi connectivity index (χ1v) is 8.30. The van der Waals surface area contributed by atoms with E-state index in [2.05, 4.69) is 47.1 Å². The van der Waals surface area contributed by atoms with E-state index >= 15 is 0 Å². The fourth-order valence-corrected chi connectivity index (χ4v) is 3.94. The van der Waals surface area contributed by atoms with Gasteiger partial charge in [0.2, 0.25) is 5.91 Å². The van der Waals surface area contributed by atoms with Gasteiger partial charge < -0.3 is 9.88 Å². The zero-order chi connectivity index (χ0) is 14.8. The van der Waals surface area contributed by atoms with Gasteiger partial charge in [0.05, 0.1) is 6.54 Å². The molecule has 1 aliphatic heterocycles. The number of carbonyl (C=O) groups is 1. The van der Waals surface area contributed by atoms with Crippen molar-refractivity contribution in [1.82, 2.24) is 9.88 Å². The molecule has 1 N–H and O–H groups in total. The first kappa shape index (κ1) is 14.3. The van der Waals surface area contributed by atoms with Crippen molar-refractivity contribution in [3.8, 4) is 0 Å². The van der Waals surface area contributed by atoms with Gasteiger partial charge in [0, 0.05) is 18.4 Å². The number of hydrogen-bond acceptors (Lipinski definition) is 2. The molecule has 0 saturated heterocycles. The zero-order valence-corrected chi connectivity index (χ0v) is 13.2. The molecule has 3 nitrogen and oxygen atoms in total. The van der Waals surface area contributed by atoms with Crippen LogP contribution in [0.1, 0.15) is 27.8 Å². The normalized spacial score (nSPS) is 17.3. The summed E-state index contributed by atoms with van der Waals surface area (Å²) in [6.07, 6.45) is 1.06. The van der Waals surface area contributed by atoms with E-state index in [0.717, 1.165) is 17.9 Å². The van der Waals surface area contributed by atoms with Crippen LogP contribution in [0.5, 0.6) is 0 Å². The van der Waals surface area contributed by atoms with Crippen LogP contribution in [-0.4, -0.2) is 16.2 Å². The number of aromatic nitrogens is 1. The first-order chi connectivity index (χ1) is 10.2. The molecular weight excluding hydrogens is 280 g/mol. The van der Waals surface area contributed by atoms with Gasteiger partial charge in [0.1, 0.15) is 5.25 Å². The van der Waals surface area contributed by atoms with Crippen molar-refractivity contribution in [2.45, 2.75) is 25.1 Å². The number of thioether (sulfide) groups is 1. The average molecular weight is 300 g/mol. The van der Waals surface area contributed by atoms with Gasteiger partial charge in [-0.15, -0.1) is 11.8 Å². The molecule has 0 fully saturated rings. The standard InChI is InChI=1S/C17H20N2OS/c1-12-7-8-14(19(12)2)11-18-17(20)16-15-6-4-3-5-13(15)9-10-21-16/h3-8,16H,9-11H2,1-2H3,(H,18,20)/t16-/m1/s1.